The molecule has 0 bridgehead atoms. The molecule has 1 aliphatic heterocycles. The van der Waals surface area contributed by atoms with Crippen LogP contribution in [0.2, 0.25) is 0 Å². The summed E-state index contributed by atoms with van der Waals surface area (Å²) in [6, 6.07) is 0. The third kappa shape index (κ3) is 4.88. The highest BCUT2D eigenvalue weighted by molar-refractivity contribution is 5.72. The SMILES string of the molecule is C=C[C@@]1(C)CC[C@H]([C@@H](CC[C@H]2OC(C)(C)OC2(C)C)C(=O)OC)C[C@@H]1C(=C)C. The molecule has 1 heterocycles. The molecule has 1 saturated heterocycles. The van der Waals surface area contributed by atoms with E-state index in [2.05, 4.69) is 46.9 Å². The van der Waals surface area contributed by atoms with Gasteiger partial charge < -0.3 is 14.2 Å². The van der Waals surface area contributed by atoms with Crippen LogP contribution in [0.4, 0.5) is 0 Å². The summed E-state index contributed by atoms with van der Waals surface area (Å²) < 4.78 is 17.4. The van der Waals surface area contributed by atoms with Crippen molar-refractivity contribution >= 4 is 5.97 Å². The van der Waals surface area contributed by atoms with Crippen molar-refractivity contribution in [1.82, 2.24) is 0 Å². The van der Waals surface area contributed by atoms with E-state index in [0.29, 0.717) is 11.8 Å². The molecule has 2 fully saturated rings. The van der Waals surface area contributed by atoms with E-state index in [-0.39, 0.29) is 29.0 Å². The Bertz CT molecular complexity index is 606. The number of allylic oxidation sites excluding steroid dienone is 2. The van der Waals surface area contributed by atoms with Crippen LogP contribution in [0.25, 0.3) is 0 Å². The number of esters is 1. The molecule has 160 valence electrons. The van der Waals surface area contributed by atoms with Crippen molar-refractivity contribution in [2.24, 2.45) is 23.2 Å². The molecule has 1 aliphatic carbocycles. The topological polar surface area (TPSA) is 44.8 Å². The van der Waals surface area contributed by atoms with Gasteiger partial charge in [0.05, 0.1) is 24.7 Å². The smallest absolute Gasteiger partial charge is 0.308 e. The normalized spacial score (nSPS) is 35.2. The fourth-order valence-corrected chi connectivity index (χ4v) is 5.38. The minimum Gasteiger partial charge on any atom is -0.469 e. The summed E-state index contributed by atoms with van der Waals surface area (Å²) in [5.41, 5.74) is 0.863. The van der Waals surface area contributed by atoms with Crippen LogP contribution in [0.1, 0.15) is 73.6 Å². The van der Waals surface area contributed by atoms with Gasteiger partial charge in [-0.25, -0.2) is 0 Å². The third-order valence-electron chi connectivity index (χ3n) is 6.97. The molecule has 0 aromatic rings. The van der Waals surface area contributed by atoms with E-state index in [4.69, 9.17) is 14.2 Å². The van der Waals surface area contributed by atoms with Gasteiger partial charge in [-0.05, 0) is 84.0 Å². The van der Waals surface area contributed by atoms with Gasteiger partial charge in [-0.3, -0.25) is 4.79 Å². The third-order valence-corrected chi connectivity index (χ3v) is 6.97. The molecular formula is C24H40O4. The molecule has 4 nitrogen and oxygen atoms in total. The van der Waals surface area contributed by atoms with Crippen LogP contribution in [0.3, 0.4) is 0 Å². The molecule has 0 N–H and O–H groups in total. The molecule has 2 rings (SSSR count). The Morgan fingerprint density at radius 1 is 1.29 bits per heavy atom. The maximum atomic E-state index is 12.7. The van der Waals surface area contributed by atoms with Gasteiger partial charge in [-0.15, -0.1) is 6.58 Å². The van der Waals surface area contributed by atoms with Crippen LogP contribution in [-0.4, -0.2) is 30.6 Å². The Balaban J connectivity index is 2.13. The van der Waals surface area contributed by atoms with E-state index < -0.39 is 5.79 Å². The number of carbonyl (C=O) groups is 1. The van der Waals surface area contributed by atoms with E-state index in [1.54, 1.807) is 0 Å². The first-order valence-electron chi connectivity index (χ1n) is 10.6. The van der Waals surface area contributed by atoms with E-state index in [1.165, 1.54) is 12.7 Å². The Kier molecular flexibility index (Phi) is 6.87. The first-order chi connectivity index (χ1) is 12.8. The lowest BCUT2D eigenvalue weighted by Crippen LogP contribution is -2.39. The zero-order chi connectivity index (χ0) is 21.3. The highest BCUT2D eigenvalue weighted by atomic mass is 16.8. The van der Waals surface area contributed by atoms with Gasteiger partial charge in [-0.1, -0.05) is 25.2 Å². The number of carbonyl (C=O) groups excluding carboxylic acids is 1. The molecule has 0 unspecified atom stereocenters. The Hall–Kier alpha value is -1.13. The predicted octanol–water partition coefficient (Wildman–Crippen LogP) is 5.67. The molecule has 1 saturated carbocycles. The Morgan fingerprint density at radius 3 is 2.39 bits per heavy atom. The molecule has 0 amide bonds. The summed E-state index contributed by atoms with van der Waals surface area (Å²) in [5, 5.41) is 0. The van der Waals surface area contributed by atoms with Gasteiger partial charge in [0.15, 0.2) is 5.79 Å². The summed E-state index contributed by atoms with van der Waals surface area (Å²) >= 11 is 0. The number of hydrogen-bond donors (Lipinski definition) is 0. The number of methoxy groups -OCH3 is 1. The maximum Gasteiger partial charge on any atom is 0.308 e. The molecule has 0 spiro atoms. The van der Waals surface area contributed by atoms with Crippen molar-refractivity contribution in [3.05, 3.63) is 24.8 Å². The lowest BCUT2D eigenvalue weighted by Gasteiger charge is -2.45. The molecule has 0 radical (unpaired) electrons. The fraction of sp³-hybridized carbons (Fsp3) is 0.792. The minimum absolute atomic E-state index is 0.0337. The maximum absolute atomic E-state index is 12.7. The molecule has 4 heteroatoms. The Labute approximate surface area is 171 Å². The van der Waals surface area contributed by atoms with E-state index in [9.17, 15) is 4.79 Å². The molecular weight excluding hydrogens is 352 g/mol. The van der Waals surface area contributed by atoms with Gasteiger partial charge in [0.1, 0.15) is 0 Å². The number of rotatable bonds is 7. The molecule has 0 aromatic heterocycles. The van der Waals surface area contributed by atoms with Gasteiger partial charge in [0.25, 0.3) is 0 Å². The van der Waals surface area contributed by atoms with Gasteiger partial charge in [-0.2, -0.15) is 0 Å². The highest BCUT2D eigenvalue weighted by Gasteiger charge is 2.48. The zero-order valence-electron chi connectivity index (χ0n) is 19.0. The number of hydrogen-bond acceptors (Lipinski definition) is 4. The van der Waals surface area contributed by atoms with Crippen molar-refractivity contribution in [3.8, 4) is 0 Å². The van der Waals surface area contributed by atoms with Crippen LogP contribution in [0.5, 0.6) is 0 Å². The predicted molar refractivity (Wildman–Crippen MR) is 113 cm³/mol. The molecule has 2 aliphatic rings. The van der Waals surface area contributed by atoms with E-state index in [1.807, 2.05) is 13.8 Å². The van der Waals surface area contributed by atoms with Crippen molar-refractivity contribution in [1.29, 1.82) is 0 Å². The van der Waals surface area contributed by atoms with Gasteiger partial charge in [0, 0.05) is 0 Å². The summed E-state index contributed by atoms with van der Waals surface area (Å²) in [5.74, 6) is -0.178. The van der Waals surface area contributed by atoms with E-state index >= 15 is 0 Å². The monoisotopic (exact) mass is 392 g/mol. The first-order valence-corrected chi connectivity index (χ1v) is 10.6. The quantitative estimate of drug-likeness (QED) is 0.413. The highest BCUT2D eigenvalue weighted by Crippen LogP contribution is 2.50. The van der Waals surface area contributed by atoms with Crippen LogP contribution in [-0.2, 0) is 19.0 Å². The number of ether oxygens (including phenoxy) is 3. The van der Waals surface area contributed by atoms with Crippen molar-refractivity contribution < 1.29 is 19.0 Å². The van der Waals surface area contributed by atoms with Crippen molar-refractivity contribution in [2.45, 2.75) is 91.1 Å². The van der Waals surface area contributed by atoms with Crippen molar-refractivity contribution in [3.63, 3.8) is 0 Å². The van der Waals surface area contributed by atoms with E-state index in [0.717, 1.165) is 32.1 Å². The van der Waals surface area contributed by atoms with Gasteiger partial charge >= 0.3 is 5.97 Å². The van der Waals surface area contributed by atoms with Crippen LogP contribution in [0, 0.1) is 23.2 Å². The standard InChI is InChI=1S/C24H40O4/c1-10-24(8)14-13-17(15-19(24)16(2)3)18(21(25)26-9)11-12-20-22(4,5)28-23(6,7)27-20/h10,17-20H,1-2,11-15H2,3-9H3/t17-,18+,19+,20+,24-/m0/s1. The zero-order valence-corrected chi connectivity index (χ0v) is 19.0. The second kappa shape index (κ2) is 8.31. The van der Waals surface area contributed by atoms with Crippen LogP contribution in [0.15, 0.2) is 24.8 Å². The Morgan fingerprint density at radius 2 is 1.93 bits per heavy atom. The molecule has 5 atom stereocenters. The van der Waals surface area contributed by atoms with Crippen LogP contribution >= 0.6 is 0 Å². The summed E-state index contributed by atoms with van der Waals surface area (Å²) in [4.78, 5) is 12.7. The molecule has 28 heavy (non-hydrogen) atoms. The first kappa shape index (κ1) is 23.2. The average Bonchev–Trinajstić information content (AvgIpc) is 2.82. The lowest BCUT2D eigenvalue weighted by molar-refractivity contribution is -0.158. The lowest BCUT2D eigenvalue weighted by atomic mass is 9.60. The average molecular weight is 393 g/mol. The minimum atomic E-state index is -0.587. The fourth-order valence-electron chi connectivity index (χ4n) is 5.38. The second-order valence-electron chi connectivity index (χ2n) is 10.1. The summed E-state index contributed by atoms with van der Waals surface area (Å²) in [6.45, 7) is 20.7. The van der Waals surface area contributed by atoms with Crippen molar-refractivity contribution in [2.75, 3.05) is 7.11 Å². The second-order valence-corrected chi connectivity index (χ2v) is 10.1. The largest absolute Gasteiger partial charge is 0.469 e. The summed E-state index contributed by atoms with van der Waals surface area (Å²) in [7, 11) is 1.49. The van der Waals surface area contributed by atoms with Gasteiger partial charge in [0.2, 0.25) is 0 Å². The summed E-state index contributed by atoms with van der Waals surface area (Å²) in [6.07, 6.45) is 6.55. The molecule has 0 aromatic carbocycles. The van der Waals surface area contributed by atoms with Crippen LogP contribution < -0.4 is 0 Å².